The summed E-state index contributed by atoms with van der Waals surface area (Å²) in [7, 11) is 10.9. The normalized spacial score (nSPS) is 17.7. The van der Waals surface area contributed by atoms with Crippen molar-refractivity contribution >= 4 is 110 Å². The van der Waals surface area contributed by atoms with Gasteiger partial charge in [0, 0.05) is 136 Å². The van der Waals surface area contributed by atoms with E-state index in [1.54, 1.807) is 50.7 Å². The van der Waals surface area contributed by atoms with Crippen LogP contribution in [0.1, 0.15) is 229 Å². The number of furan rings is 5. The van der Waals surface area contributed by atoms with E-state index in [1.807, 2.05) is 49.9 Å². The van der Waals surface area contributed by atoms with Crippen LogP contribution in [0.25, 0.3) is 166 Å². The van der Waals surface area contributed by atoms with E-state index in [4.69, 9.17) is 27.1 Å². The Balaban J connectivity index is 0.0000000914. The van der Waals surface area contributed by atoms with Gasteiger partial charge in [0.05, 0.1) is 34.0 Å². The average molecular weight is 1890 g/mol. The molecule has 5 fully saturated rings. The summed E-state index contributed by atoms with van der Waals surface area (Å²) in [5.74, 6) is 0. The average Bonchev–Trinajstić information content (AvgIpc) is 1.55. The highest BCUT2D eigenvalue weighted by atomic mass is 16.3. The number of nitrogens with zero attached hydrogens (tertiary/aromatic N) is 9. The van der Waals surface area contributed by atoms with Crippen molar-refractivity contribution in [3.05, 3.63) is 302 Å². The number of rotatable bonds is 5. The lowest BCUT2D eigenvalue weighted by Gasteiger charge is -2.21. The van der Waals surface area contributed by atoms with Crippen LogP contribution in [0.15, 0.2) is 224 Å². The Morgan fingerprint density at radius 2 is 0.587 bits per heavy atom. The lowest BCUT2D eigenvalue weighted by atomic mass is 9.83. The van der Waals surface area contributed by atoms with Crippen molar-refractivity contribution in [2.45, 2.75) is 248 Å². The fraction of sp³-hybridized carbons (Fsp3) is 0.372. The molecule has 5 saturated carbocycles. The molecule has 0 unspecified atom stereocenters. The summed E-state index contributed by atoms with van der Waals surface area (Å²) in [6.45, 7) is 17.6. The van der Waals surface area contributed by atoms with Gasteiger partial charge in [-0.15, -0.1) is 0 Å². The fourth-order valence-electron chi connectivity index (χ4n) is 30.0. The Hall–Kier alpha value is -13.3. The van der Waals surface area contributed by atoms with Gasteiger partial charge in [0.2, 0.25) is 34.2 Å². The maximum absolute atomic E-state index is 6.47. The predicted octanol–water partition coefficient (Wildman–Crippen LogP) is 28.7. The van der Waals surface area contributed by atoms with Gasteiger partial charge in [0.15, 0.2) is 47.7 Å². The molecule has 6 aromatic carbocycles. The number of benzene rings is 6. The Morgan fingerprint density at radius 3 is 1.05 bits per heavy atom. The van der Waals surface area contributed by atoms with E-state index in [9.17, 15) is 0 Å². The summed E-state index contributed by atoms with van der Waals surface area (Å²) < 4.78 is 43.7. The van der Waals surface area contributed by atoms with Crippen molar-refractivity contribution in [2.24, 2.45) is 62.3 Å². The molecule has 20 aromatic rings. The maximum Gasteiger partial charge on any atom is 0.227 e. The topological polar surface area (TPSA) is 137 Å². The Kier molecular flexibility index (Phi) is 21.5. The van der Waals surface area contributed by atoms with E-state index in [0.717, 1.165) is 94.1 Å². The van der Waals surface area contributed by atoms with Crippen LogP contribution in [0.4, 0.5) is 0 Å². The summed E-state index contributed by atoms with van der Waals surface area (Å²) in [6.07, 6.45) is 60.8. The summed E-state index contributed by atoms with van der Waals surface area (Å²) in [4.78, 5) is 18.0. The van der Waals surface area contributed by atoms with Gasteiger partial charge in [-0.1, -0.05) is 143 Å². The monoisotopic (exact) mass is 1890 g/mol. The van der Waals surface area contributed by atoms with Crippen LogP contribution in [0, 0.1) is 82.5 Å². The molecule has 143 heavy (non-hydrogen) atoms. The van der Waals surface area contributed by atoms with Crippen LogP contribution in [0.3, 0.4) is 0 Å². The first-order chi connectivity index (χ1) is 69.5. The molecule has 14 nitrogen and oxygen atoms in total. The smallest absolute Gasteiger partial charge is 0.227 e. The molecule has 14 heteroatoms. The van der Waals surface area contributed by atoms with Gasteiger partial charge >= 0.3 is 0 Å². The van der Waals surface area contributed by atoms with E-state index in [-0.39, 0.29) is 0 Å². The number of para-hydroxylation sites is 2. The van der Waals surface area contributed by atoms with Crippen molar-refractivity contribution < 1.29 is 44.9 Å². The summed E-state index contributed by atoms with van der Waals surface area (Å²) in [5.41, 5.74) is 51.6. The van der Waals surface area contributed by atoms with Crippen molar-refractivity contribution in [1.29, 1.82) is 0 Å². The number of fused-ring (bicyclic) bond motifs is 20. The molecule has 0 radical (unpaired) electrons. The molecule has 0 saturated heterocycles. The van der Waals surface area contributed by atoms with Gasteiger partial charge in [0.25, 0.3) is 0 Å². The first-order valence-corrected chi connectivity index (χ1v) is 53.5. The van der Waals surface area contributed by atoms with Crippen LogP contribution in [-0.2, 0) is 99.4 Å². The number of aromatic nitrogens is 9. The van der Waals surface area contributed by atoms with Crippen molar-refractivity contribution in [1.82, 2.24) is 19.9 Å². The molecular formula is C129H132N9O5+5. The van der Waals surface area contributed by atoms with E-state index in [1.165, 1.54) is 321 Å². The summed E-state index contributed by atoms with van der Waals surface area (Å²) >= 11 is 0. The number of hydrogen-bond donors (Lipinski definition) is 0. The number of hydrogen-bond acceptors (Lipinski definition) is 9. The second kappa shape index (κ2) is 34.2. The van der Waals surface area contributed by atoms with Gasteiger partial charge < -0.3 is 22.1 Å². The van der Waals surface area contributed by atoms with Gasteiger partial charge in [-0.05, 0) is 309 Å². The number of pyridine rings is 9. The first-order valence-electron chi connectivity index (χ1n) is 53.5. The van der Waals surface area contributed by atoms with E-state index < -0.39 is 0 Å². The summed E-state index contributed by atoms with van der Waals surface area (Å²) in [5, 5.41) is 10.4. The molecule has 10 aliphatic carbocycles. The van der Waals surface area contributed by atoms with Crippen LogP contribution in [-0.4, -0.2) is 19.9 Å². The predicted molar refractivity (Wildman–Crippen MR) is 572 cm³/mol. The third-order valence-electron chi connectivity index (χ3n) is 36.9. The summed E-state index contributed by atoms with van der Waals surface area (Å²) in [6, 6.07) is 49.8. The van der Waals surface area contributed by atoms with Gasteiger partial charge in [-0.2, -0.15) is 0 Å². The zero-order valence-corrected chi connectivity index (χ0v) is 85.8. The molecule has 14 aromatic heterocycles. The molecule has 0 N–H and O–H groups in total. The molecule has 14 heterocycles. The maximum atomic E-state index is 6.47. The fourth-order valence-corrected chi connectivity index (χ4v) is 30.0. The third-order valence-corrected chi connectivity index (χ3v) is 36.9. The highest BCUT2D eigenvalue weighted by Gasteiger charge is 2.50. The van der Waals surface area contributed by atoms with Gasteiger partial charge in [0.1, 0.15) is 74.3 Å². The zero-order chi connectivity index (χ0) is 97.0. The van der Waals surface area contributed by atoms with Crippen LogP contribution in [0.2, 0.25) is 0 Å². The minimum Gasteiger partial charge on any atom is -0.455 e. The Labute approximate surface area is 837 Å². The van der Waals surface area contributed by atoms with Gasteiger partial charge in [-0.25, -0.2) is 27.8 Å². The van der Waals surface area contributed by atoms with Crippen molar-refractivity contribution in [3.63, 3.8) is 0 Å². The van der Waals surface area contributed by atoms with Gasteiger partial charge in [-0.3, -0.25) is 15.0 Å². The lowest BCUT2D eigenvalue weighted by molar-refractivity contribution is -0.661. The van der Waals surface area contributed by atoms with E-state index in [2.05, 4.69) is 274 Å². The zero-order valence-electron chi connectivity index (χ0n) is 85.8. The molecule has 5 spiro atoms. The third kappa shape index (κ3) is 14.7. The van der Waals surface area contributed by atoms with Crippen molar-refractivity contribution in [3.8, 4) is 56.3 Å². The molecule has 0 bridgehead atoms. The Bertz CT molecular complexity index is 8220. The van der Waals surface area contributed by atoms with E-state index >= 15 is 0 Å². The van der Waals surface area contributed by atoms with E-state index in [0.29, 0.717) is 27.1 Å². The molecule has 10 aliphatic rings. The lowest BCUT2D eigenvalue weighted by Crippen LogP contribution is -2.33. The molecule has 0 aliphatic heterocycles. The minimum atomic E-state index is 0.491. The van der Waals surface area contributed by atoms with Crippen LogP contribution in [0.5, 0.6) is 0 Å². The second-order valence-corrected chi connectivity index (χ2v) is 46.2. The molecule has 0 amide bonds. The molecule has 0 atom stereocenters. The van der Waals surface area contributed by atoms with Crippen LogP contribution < -0.4 is 22.8 Å². The first kappa shape index (κ1) is 89.7. The highest BCUT2D eigenvalue weighted by Crippen LogP contribution is 2.59. The molecule has 718 valence electrons. The Morgan fingerprint density at radius 1 is 0.252 bits per heavy atom. The standard InChI is InChI=1S/C27H29N2O.C27H28NO.3C25H25N2O/c1-16-7-9-19-20-10-8-18(3)28-26(20)30-25(19)23(16)24-22-14-27(11-5-6-12-27)13-21(22)17(2)15-29(24)4;1-17-10-11-20-19-8-4-5-9-23(19)29-26(20)24(17)25-22-15-27(12-6-7-13-27)14-21(22)18(2)16-28(25)3;1-16-5-6-19-18-7-11-26-15-21(18)28-24(19)22(16)23-20-14-25(9-3-4-10-25)13-17(20)8-12-27(23)2;1-16-5-6-18-20-15-26-11-7-21(20)28-24(18)22(16)23-19-14-25(9-3-4-10-25)13-17(19)8-12-27(23)2;1-16-15-26-22-18-7-3-4-8-20(18)28-24(22)21(16)23-19-14-25(10-5-6-11-25)13-17(19)9-12-27(23)2/h7-10,15H,5-6,11-14H2,1-4H3;4-5,8-11,16H,6-7,12-15H2,1-3H3;2*5-8,11-12,15H,3-4,9-10,13-14H2,1-2H3;3-4,7-9,12,15H,5-6,10-11,13-14H2,1-2H3/q5*+1. The largest absolute Gasteiger partial charge is 0.455 e. The molecule has 30 rings (SSSR count). The quantitative estimate of drug-likeness (QED) is 0.154. The SMILES string of the molecule is Cc1c[n+](C)c(-c2c(C)ccc3c2oc2ccccc23)c2c1CC1(CCCC1)C2.Cc1ccc2c(n1)oc1c(-c3c4c(c(C)c[n+]3C)CC3(CCCC3)C4)c(C)ccc12.Cc1ccc2c(oc3ccncc32)c1-c1c2c(cc[n+]1C)CC1(CCCC1)C2.Cc1ccc2c(oc3cnccc32)c1-c1c2c(cc[n+]1C)CC1(CCCC1)C2.Cc1cnc2c(oc3ccccc32)c1-c1c2c(cc[n+]1C)CC1(CCCC1)C2. The van der Waals surface area contributed by atoms with Crippen molar-refractivity contribution in [2.75, 3.05) is 0 Å². The molecular weight excluding hydrogens is 1760 g/mol. The number of aryl methyl sites for hydroxylation is 13. The highest BCUT2D eigenvalue weighted by molar-refractivity contribution is 6.14. The second-order valence-electron chi connectivity index (χ2n) is 46.2. The van der Waals surface area contributed by atoms with Crippen LogP contribution >= 0.6 is 0 Å². The minimum absolute atomic E-state index is 0.491.